The first-order chi connectivity index (χ1) is 7.42. The average Bonchev–Trinajstić information content (AvgIpc) is 2.75. The van der Waals surface area contributed by atoms with Gasteiger partial charge in [0.1, 0.15) is 6.29 Å². The van der Waals surface area contributed by atoms with Crippen molar-refractivity contribution in [1.29, 1.82) is 0 Å². The van der Waals surface area contributed by atoms with Gasteiger partial charge in [-0.25, -0.2) is 0 Å². The number of benzene rings is 1. The zero-order chi connectivity index (χ0) is 10.5. The number of carbonyl (C=O) groups excluding carboxylic acids is 1. The van der Waals surface area contributed by atoms with Gasteiger partial charge in [-0.15, -0.1) is 0 Å². The van der Waals surface area contributed by atoms with Crippen molar-refractivity contribution < 1.29 is 4.79 Å². The molecule has 2 rings (SSSR count). The highest BCUT2D eigenvalue weighted by Crippen LogP contribution is 2.21. The summed E-state index contributed by atoms with van der Waals surface area (Å²) in [5.41, 5.74) is 2.89. The summed E-state index contributed by atoms with van der Waals surface area (Å²) < 4.78 is 0. The summed E-state index contributed by atoms with van der Waals surface area (Å²) in [6.07, 6.45) is 5.64. The third-order valence-electron chi connectivity index (χ3n) is 2.09. The molecule has 15 heavy (non-hydrogen) atoms. The number of carbonyl (C=O) groups is 1. The Kier molecular flexibility index (Phi) is 2.74. The summed E-state index contributed by atoms with van der Waals surface area (Å²) in [6.45, 7) is 0. The van der Waals surface area contributed by atoms with E-state index in [1.165, 1.54) is 6.08 Å². The van der Waals surface area contributed by atoms with Crippen LogP contribution in [0.5, 0.6) is 0 Å². The third kappa shape index (κ3) is 2.02. The number of allylic oxidation sites excluding steroid dienone is 1. The van der Waals surface area contributed by atoms with Crippen LogP contribution in [0.25, 0.3) is 17.3 Å². The second kappa shape index (κ2) is 4.37. The molecule has 0 unspecified atom stereocenters. The molecule has 0 atom stereocenters. The van der Waals surface area contributed by atoms with Gasteiger partial charge in [-0.05, 0) is 12.2 Å². The monoisotopic (exact) mass is 198 g/mol. The van der Waals surface area contributed by atoms with Crippen molar-refractivity contribution in [2.45, 2.75) is 0 Å². The lowest BCUT2D eigenvalue weighted by molar-refractivity contribution is -0.104. The largest absolute Gasteiger partial charge is 0.299 e. The van der Waals surface area contributed by atoms with Crippen LogP contribution in [-0.2, 0) is 4.79 Å². The molecule has 0 fully saturated rings. The van der Waals surface area contributed by atoms with Gasteiger partial charge in [-0.1, -0.05) is 30.3 Å². The second-order valence-corrected chi connectivity index (χ2v) is 3.06. The molecule has 0 spiro atoms. The predicted molar refractivity (Wildman–Crippen MR) is 59.1 cm³/mol. The van der Waals surface area contributed by atoms with E-state index in [9.17, 15) is 4.79 Å². The quantitative estimate of drug-likeness (QED) is 0.607. The number of rotatable bonds is 3. The summed E-state index contributed by atoms with van der Waals surface area (Å²) in [5, 5.41) is 6.87. The molecule has 0 aliphatic rings. The summed E-state index contributed by atoms with van der Waals surface area (Å²) in [5.74, 6) is 0. The molecule has 0 saturated carbocycles. The van der Waals surface area contributed by atoms with Crippen molar-refractivity contribution >= 4 is 12.4 Å². The molecular formula is C12H10N2O. The molecule has 0 aliphatic carbocycles. The molecule has 1 heterocycles. The van der Waals surface area contributed by atoms with Crippen LogP contribution in [0.1, 0.15) is 5.56 Å². The van der Waals surface area contributed by atoms with E-state index < -0.39 is 0 Å². The Morgan fingerprint density at radius 3 is 2.73 bits per heavy atom. The van der Waals surface area contributed by atoms with Gasteiger partial charge >= 0.3 is 0 Å². The van der Waals surface area contributed by atoms with Crippen molar-refractivity contribution in [3.05, 3.63) is 48.2 Å². The van der Waals surface area contributed by atoms with Gasteiger partial charge in [0.25, 0.3) is 0 Å². The molecular weight excluding hydrogens is 188 g/mol. The van der Waals surface area contributed by atoms with Crippen LogP contribution < -0.4 is 0 Å². The molecule has 3 nitrogen and oxygen atoms in total. The minimum Gasteiger partial charge on any atom is -0.299 e. The third-order valence-corrected chi connectivity index (χ3v) is 2.09. The number of hydrogen-bond donors (Lipinski definition) is 1. The van der Waals surface area contributed by atoms with Crippen LogP contribution in [-0.4, -0.2) is 16.5 Å². The molecule has 1 aromatic heterocycles. The number of nitrogens with zero attached hydrogens (tertiary/aromatic N) is 1. The molecule has 1 N–H and O–H groups in total. The van der Waals surface area contributed by atoms with Gasteiger partial charge in [0, 0.05) is 11.1 Å². The number of aldehydes is 1. The Hall–Kier alpha value is -2.16. The average molecular weight is 198 g/mol. The van der Waals surface area contributed by atoms with E-state index in [4.69, 9.17) is 0 Å². The Labute approximate surface area is 87.5 Å². The van der Waals surface area contributed by atoms with E-state index in [0.717, 1.165) is 23.1 Å². The van der Waals surface area contributed by atoms with Crippen LogP contribution in [0.4, 0.5) is 0 Å². The van der Waals surface area contributed by atoms with Crippen molar-refractivity contribution in [3.8, 4) is 11.3 Å². The van der Waals surface area contributed by atoms with Gasteiger partial charge < -0.3 is 0 Å². The Morgan fingerprint density at radius 1 is 1.20 bits per heavy atom. The van der Waals surface area contributed by atoms with Crippen LogP contribution in [0.3, 0.4) is 0 Å². The summed E-state index contributed by atoms with van der Waals surface area (Å²) in [4.78, 5) is 10.2. The van der Waals surface area contributed by atoms with Crippen molar-refractivity contribution in [2.75, 3.05) is 0 Å². The predicted octanol–water partition coefficient (Wildman–Crippen LogP) is 2.29. The second-order valence-electron chi connectivity index (χ2n) is 3.06. The SMILES string of the molecule is O=C/C=C/c1cn[nH]c1-c1ccccc1. The van der Waals surface area contributed by atoms with E-state index in [1.54, 1.807) is 12.3 Å². The van der Waals surface area contributed by atoms with Gasteiger partial charge in [-0.3, -0.25) is 9.89 Å². The highest BCUT2D eigenvalue weighted by atomic mass is 16.1. The number of aromatic amines is 1. The molecule has 74 valence electrons. The highest BCUT2D eigenvalue weighted by Gasteiger charge is 2.03. The first kappa shape index (κ1) is 9.40. The minimum atomic E-state index is 0.752. The first-order valence-electron chi connectivity index (χ1n) is 4.62. The van der Waals surface area contributed by atoms with E-state index in [-0.39, 0.29) is 0 Å². The highest BCUT2D eigenvalue weighted by molar-refractivity contribution is 5.79. The van der Waals surface area contributed by atoms with Crippen LogP contribution in [0.2, 0.25) is 0 Å². The maximum atomic E-state index is 10.2. The number of H-pyrrole nitrogens is 1. The summed E-state index contributed by atoms with van der Waals surface area (Å²) >= 11 is 0. The zero-order valence-corrected chi connectivity index (χ0v) is 8.05. The molecule has 0 bridgehead atoms. The van der Waals surface area contributed by atoms with Gasteiger partial charge in [0.2, 0.25) is 0 Å². The van der Waals surface area contributed by atoms with Crippen LogP contribution >= 0.6 is 0 Å². The van der Waals surface area contributed by atoms with E-state index >= 15 is 0 Å². The molecule has 1 aromatic carbocycles. The van der Waals surface area contributed by atoms with E-state index in [0.29, 0.717) is 0 Å². The molecule has 0 radical (unpaired) electrons. The van der Waals surface area contributed by atoms with Gasteiger partial charge in [0.05, 0.1) is 11.9 Å². The van der Waals surface area contributed by atoms with Gasteiger partial charge in [0.15, 0.2) is 0 Å². The van der Waals surface area contributed by atoms with Crippen LogP contribution in [0.15, 0.2) is 42.6 Å². The molecule has 0 amide bonds. The Morgan fingerprint density at radius 2 is 2.00 bits per heavy atom. The van der Waals surface area contributed by atoms with Gasteiger partial charge in [-0.2, -0.15) is 5.10 Å². The molecule has 0 saturated heterocycles. The Balaban J connectivity index is 2.41. The normalized spacial score (nSPS) is 10.7. The summed E-state index contributed by atoms with van der Waals surface area (Å²) in [7, 11) is 0. The first-order valence-corrected chi connectivity index (χ1v) is 4.62. The molecule has 3 heteroatoms. The maximum absolute atomic E-state index is 10.2. The van der Waals surface area contributed by atoms with E-state index in [1.807, 2.05) is 30.3 Å². The lowest BCUT2D eigenvalue weighted by Crippen LogP contribution is -1.80. The number of hydrogen-bond acceptors (Lipinski definition) is 2. The zero-order valence-electron chi connectivity index (χ0n) is 8.05. The van der Waals surface area contributed by atoms with Crippen molar-refractivity contribution in [1.82, 2.24) is 10.2 Å². The van der Waals surface area contributed by atoms with Crippen molar-refractivity contribution in [2.24, 2.45) is 0 Å². The molecule has 2 aromatic rings. The topological polar surface area (TPSA) is 45.8 Å². The Bertz CT molecular complexity index is 471. The maximum Gasteiger partial charge on any atom is 0.142 e. The lowest BCUT2D eigenvalue weighted by atomic mass is 10.1. The smallest absolute Gasteiger partial charge is 0.142 e. The van der Waals surface area contributed by atoms with Crippen LogP contribution in [0, 0.1) is 0 Å². The van der Waals surface area contributed by atoms with E-state index in [2.05, 4.69) is 10.2 Å². The number of nitrogens with one attached hydrogen (secondary N) is 1. The van der Waals surface area contributed by atoms with Crippen molar-refractivity contribution in [3.63, 3.8) is 0 Å². The minimum absolute atomic E-state index is 0.752. The summed E-state index contributed by atoms with van der Waals surface area (Å²) in [6, 6.07) is 9.87. The fourth-order valence-electron chi connectivity index (χ4n) is 1.40. The fourth-order valence-corrected chi connectivity index (χ4v) is 1.40. The fraction of sp³-hybridized carbons (Fsp3) is 0. The standard InChI is InChI=1S/C12H10N2O/c15-8-4-7-11-9-13-14-12(11)10-5-2-1-3-6-10/h1-9H,(H,13,14)/b7-4+. The lowest BCUT2D eigenvalue weighted by Gasteiger charge is -1.98. The number of aromatic nitrogens is 2. The molecule has 0 aliphatic heterocycles.